The Morgan fingerprint density at radius 2 is 0.922 bits per heavy atom. The van der Waals surface area contributed by atoms with E-state index in [1.165, 1.54) is 27.3 Å². The number of rotatable bonds is 13. The number of hydrogen-bond acceptors (Lipinski definition) is 8. The van der Waals surface area contributed by atoms with Gasteiger partial charge in [-0.25, -0.2) is 4.79 Å². The van der Waals surface area contributed by atoms with Crippen LogP contribution in [0.1, 0.15) is 39.9 Å². The smallest absolute Gasteiger partial charge is 0.336 e. The van der Waals surface area contributed by atoms with Gasteiger partial charge in [0.2, 0.25) is 0 Å². The molecule has 0 aliphatic rings. The van der Waals surface area contributed by atoms with Crippen molar-refractivity contribution >= 4 is 74.6 Å². The Morgan fingerprint density at radius 1 is 0.490 bits per heavy atom. The molecule has 0 unspecified atom stereocenters. The molecule has 0 spiro atoms. The van der Waals surface area contributed by atoms with Gasteiger partial charge in [0.05, 0.1) is 5.56 Å². The van der Waals surface area contributed by atoms with E-state index in [0.29, 0.717) is 18.4 Å². The Bertz CT molecular complexity index is 2400. The van der Waals surface area contributed by atoms with E-state index < -0.39 is 17.9 Å². The maximum Gasteiger partial charge on any atom is 0.336 e. The molecule has 0 saturated heterocycles. The largest absolute Gasteiger partial charge is 0.481 e. The number of thiophene rings is 5. The van der Waals surface area contributed by atoms with Gasteiger partial charge in [-0.1, -0.05) is 42.5 Å². The lowest BCUT2D eigenvalue weighted by atomic mass is 10.1. The molecule has 256 valence electrons. The summed E-state index contributed by atoms with van der Waals surface area (Å²) < 4.78 is 0. The van der Waals surface area contributed by atoms with Crippen LogP contribution in [0.5, 0.6) is 0 Å². The van der Waals surface area contributed by atoms with E-state index in [4.69, 9.17) is 0 Å². The van der Waals surface area contributed by atoms with Crippen LogP contribution in [0.4, 0.5) is 0 Å². The van der Waals surface area contributed by atoms with Gasteiger partial charge in [0.25, 0.3) is 0 Å². The molecule has 0 atom stereocenters. The molecule has 11 heteroatoms. The summed E-state index contributed by atoms with van der Waals surface area (Å²) in [5.41, 5.74) is 5.28. The number of aliphatic carboxylic acids is 2. The summed E-state index contributed by atoms with van der Waals surface area (Å²) in [5.74, 6) is -2.68. The number of carboxylic acid groups (broad SMARTS) is 3. The Kier molecular flexibility index (Phi) is 10.2. The SMILES string of the molecule is Cc1ccccc1-c1ccc(-c2cc(CCC(=O)O)c(-c3ccc(-c4sc(-c5ccc(-c6ccccc6C(=O)O)s5)cc4CCC(=O)O)s3)s2)s1. The molecule has 6 nitrogen and oxygen atoms in total. The molecule has 5 aromatic heterocycles. The lowest BCUT2D eigenvalue weighted by Gasteiger charge is -2.02. The minimum absolute atomic E-state index is 0.00200. The summed E-state index contributed by atoms with van der Waals surface area (Å²) in [5, 5.41) is 28.8. The van der Waals surface area contributed by atoms with Crippen LogP contribution in [-0.2, 0) is 22.4 Å². The van der Waals surface area contributed by atoms with E-state index in [1.54, 1.807) is 57.5 Å². The molecule has 0 aliphatic heterocycles. The molecule has 0 fully saturated rings. The first kappa shape index (κ1) is 34.8. The van der Waals surface area contributed by atoms with Gasteiger partial charge in [0, 0.05) is 67.2 Å². The third-order valence-corrected chi connectivity index (χ3v) is 14.8. The van der Waals surface area contributed by atoms with Gasteiger partial charge in [-0.05, 0) is 96.6 Å². The molecule has 0 amide bonds. The van der Waals surface area contributed by atoms with E-state index in [2.05, 4.69) is 55.5 Å². The van der Waals surface area contributed by atoms with Crippen molar-refractivity contribution in [1.29, 1.82) is 0 Å². The van der Waals surface area contributed by atoms with E-state index in [9.17, 15) is 29.7 Å². The molecular weight excluding hydrogens is 737 g/mol. The van der Waals surface area contributed by atoms with Crippen molar-refractivity contribution in [3.63, 3.8) is 0 Å². The highest BCUT2D eigenvalue weighted by atomic mass is 32.1. The van der Waals surface area contributed by atoms with Gasteiger partial charge in [-0.2, -0.15) is 0 Å². The second-order valence-corrected chi connectivity index (χ2v) is 17.2. The lowest BCUT2D eigenvalue weighted by Crippen LogP contribution is -1.97. The minimum atomic E-state index is -0.977. The van der Waals surface area contributed by atoms with Gasteiger partial charge in [-0.3, -0.25) is 9.59 Å². The molecule has 3 N–H and O–H groups in total. The highest BCUT2D eigenvalue weighted by Gasteiger charge is 2.21. The van der Waals surface area contributed by atoms with Crippen LogP contribution in [0.2, 0.25) is 0 Å². The average Bonchev–Trinajstić information content (AvgIpc) is 3.95. The molecular formula is C40H30O6S5. The van der Waals surface area contributed by atoms with Crippen LogP contribution in [0.3, 0.4) is 0 Å². The average molecular weight is 767 g/mol. The van der Waals surface area contributed by atoms with Gasteiger partial charge >= 0.3 is 17.9 Å². The van der Waals surface area contributed by atoms with Crippen molar-refractivity contribution in [2.24, 2.45) is 0 Å². The maximum atomic E-state index is 11.9. The van der Waals surface area contributed by atoms with Crippen molar-refractivity contribution < 1.29 is 29.7 Å². The van der Waals surface area contributed by atoms with Gasteiger partial charge in [0.1, 0.15) is 0 Å². The highest BCUT2D eigenvalue weighted by molar-refractivity contribution is 7.30. The van der Waals surface area contributed by atoms with Crippen LogP contribution in [0.15, 0.2) is 97.1 Å². The molecule has 0 saturated carbocycles. The third-order valence-electron chi connectivity index (χ3n) is 8.42. The zero-order valence-corrected chi connectivity index (χ0v) is 31.3. The molecule has 5 heterocycles. The fraction of sp³-hybridized carbons (Fsp3) is 0.125. The quantitative estimate of drug-likeness (QED) is 0.108. The number of aromatic carboxylic acids is 1. The number of carboxylic acids is 3. The Balaban J connectivity index is 1.24. The van der Waals surface area contributed by atoms with Crippen LogP contribution in [0, 0.1) is 6.92 Å². The Hall–Kier alpha value is -4.65. The van der Waals surface area contributed by atoms with E-state index in [1.807, 2.05) is 36.4 Å². The second-order valence-electron chi connectivity index (χ2n) is 11.9. The van der Waals surface area contributed by atoms with Crippen LogP contribution in [-0.4, -0.2) is 33.2 Å². The standard InChI is InChI=1S/C40H30O6S5/c1-22-6-2-3-7-25(22)28-12-14-30(47-28)34-20-23(10-18-36(41)42)38(50-34)32-16-17-33(49-32)39-24(11-19-37(43)44)21-35(51-39)31-15-13-29(48-31)26-8-4-5-9-27(26)40(45)46/h2-9,12-17,20-21H,10-11,18-19H2,1H3,(H,41,42)(H,43,44)(H,45,46). The van der Waals surface area contributed by atoms with Crippen LogP contribution in [0.25, 0.3) is 59.9 Å². The molecule has 7 rings (SSSR count). The summed E-state index contributed by atoms with van der Waals surface area (Å²) in [4.78, 5) is 45.5. The van der Waals surface area contributed by atoms with Crippen LogP contribution >= 0.6 is 56.7 Å². The maximum absolute atomic E-state index is 11.9. The topological polar surface area (TPSA) is 112 Å². The molecule has 0 radical (unpaired) electrons. The predicted molar refractivity (Wildman–Crippen MR) is 212 cm³/mol. The number of aryl methyl sites for hydroxylation is 3. The molecule has 2 aromatic carbocycles. The van der Waals surface area contributed by atoms with Crippen molar-refractivity contribution in [2.45, 2.75) is 32.6 Å². The van der Waals surface area contributed by atoms with Crippen molar-refractivity contribution in [1.82, 2.24) is 0 Å². The van der Waals surface area contributed by atoms with Crippen LogP contribution < -0.4 is 0 Å². The summed E-state index contributed by atoms with van der Waals surface area (Å²) in [6.07, 6.45) is 0.835. The van der Waals surface area contributed by atoms with E-state index >= 15 is 0 Å². The Labute approximate surface area is 314 Å². The lowest BCUT2D eigenvalue weighted by molar-refractivity contribution is -0.138. The third kappa shape index (κ3) is 7.53. The summed E-state index contributed by atoms with van der Waals surface area (Å²) in [6, 6.07) is 31.9. The van der Waals surface area contributed by atoms with Gasteiger partial charge in [0.15, 0.2) is 0 Å². The monoisotopic (exact) mass is 766 g/mol. The minimum Gasteiger partial charge on any atom is -0.481 e. The predicted octanol–water partition coefficient (Wildman–Crippen LogP) is 12.0. The molecule has 7 aromatic rings. The molecule has 51 heavy (non-hydrogen) atoms. The fourth-order valence-electron chi connectivity index (χ4n) is 5.92. The van der Waals surface area contributed by atoms with Crippen molar-refractivity contribution in [3.8, 4) is 59.9 Å². The number of benzene rings is 2. The normalized spacial score (nSPS) is 11.2. The van der Waals surface area contributed by atoms with E-state index in [0.717, 1.165) is 55.0 Å². The highest BCUT2D eigenvalue weighted by Crippen LogP contribution is 2.49. The molecule has 0 bridgehead atoms. The summed E-state index contributed by atoms with van der Waals surface area (Å²) in [7, 11) is 0. The van der Waals surface area contributed by atoms with Crippen molar-refractivity contribution in [2.75, 3.05) is 0 Å². The zero-order valence-electron chi connectivity index (χ0n) is 27.2. The number of hydrogen-bond donors (Lipinski definition) is 3. The van der Waals surface area contributed by atoms with Crippen molar-refractivity contribution in [3.05, 3.63) is 119 Å². The first-order valence-electron chi connectivity index (χ1n) is 16.0. The fourth-order valence-corrected chi connectivity index (χ4v) is 11.9. The zero-order chi connectivity index (χ0) is 35.6. The molecule has 0 aliphatic carbocycles. The second kappa shape index (κ2) is 14.9. The van der Waals surface area contributed by atoms with Gasteiger partial charge < -0.3 is 15.3 Å². The summed E-state index contributed by atoms with van der Waals surface area (Å²) >= 11 is 8.16. The Morgan fingerprint density at radius 3 is 1.43 bits per heavy atom. The van der Waals surface area contributed by atoms with Gasteiger partial charge in [-0.15, -0.1) is 56.7 Å². The van der Waals surface area contributed by atoms with E-state index in [-0.39, 0.29) is 18.4 Å². The first-order chi connectivity index (χ1) is 24.6. The summed E-state index contributed by atoms with van der Waals surface area (Å²) in [6.45, 7) is 2.11. The first-order valence-corrected chi connectivity index (χ1v) is 20.1. The number of carbonyl (C=O) groups is 3.